The Labute approximate surface area is 113 Å². The molecule has 0 radical (unpaired) electrons. The number of fused-ring (bicyclic) bond motifs is 1. The molecule has 1 aromatic heterocycles. The summed E-state index contributed by atoms with van der Waals surface area (Å²) >= 11 is 0. The van der Waals surface area contributed by atoms with Crippen LogP contribution in [-0.2, 0) is 11.3 Å². The summed E-state index contributed by atoms with van der Waals surface area (Å²) in [5, 5.41) is 3.25. The van der Waals surface area contributed by atoms with E-state index >= 15 is 0 Å². The summed E-state index contributed by atoms with van der Waals surface area (Å²) in [7, 11) is 0. The second-order valence-corrected chi connectivity index (χ2v) is 6.23. The van der Waals surface area contributed by atoms with E-state index in [1.54, 1.807) is 6.20 Å². The Kier molecular flexibility index (Phi) is 3.01. The minimum absolute atomic E-state index is 0.170. The van der Waals surface area contributed by atoms with Gasteiger partial charge in [-0.25, -0.2) is 9.97 Å². The number of rotatable bonds is 1. The first-order valence-corrected chi connectivity index (χ1v) is 6.88. The van der Waals surface area contributed by atoms with Crippen LogP contribution in [0.1, 0.15) is 44.0 Å². The molecule has 5 nitrogen and oxygen atoms in total. The number of hydrogen-bond donors (Lipinski definition) is 1. The predicted molar refractivity (Wildman–Crippen MR) is 71.2 cm³/mol. The molecule has 1 aromatic rings. The maximum Gasteiger partial charge on any atom is 0.244 e. The van der Waals surface area contributed by atoms with E-state index in [0.717, 1.165) is 37.2 Å². The fraction of sp³-hybridized carbons (Fsp3) is 0.643. The minimum Gasteiger partial charge on any atom is -0.341 e. The molecule has 2 aliphatic heterocycles. The van der Waals surface area contributed by atoms with Crippen molar-refractivity contribution in [1.82, 2.24) is 20.2 Å². The number of carbonyl (C=O) groups excluding carboxylic acids is 1. The van der Waals surface area contributed by atoms with Crippen molar-refractivity contribution >= 4 is 5.91 Å². The van der Waals surface area contributed by atoms with Crippen LogP contribution < -0.4 is 5.32 Å². The second-order valence-electron chi connectivity index (χ2n) is 6.23. The Morgan fingerprint density at radius 1 is 1.42 bits per heavy atom. The molecule has 0 aromatic carbocycles. The van der Waals surface area contributed by atoms with E-state index in [0.29, 0.717) is 12.0 Å². The average molecular weight is 260 g/mol. The summed E-state index contributed by atoms with van der Waals surface area (Å²) < 4.78 is 0. The van der Waals surface area contributed by atoms with Gasteiger partial charge in [0.2, 0.25) is 5.91 Å². The van der Waals surface area contributed by atoms with Crippen LogP contribution in [0, 0.1) is 5.41 Å². The molecule has 1 saturated heterocycles. The number of nitrogens with one attached hydrogen (secondary N) is 1. The van der Waals surface area contributed by atoms with E-state index in [1.165, 1.54) is 6.33 Å². The van der Waals surface area contributed by atoms with E-state index in [4.69, 9.17) is 0 Å². The molecule has 0 bridgehead atoms. The van der Waals surface area contributed by atoms with Crippen molar-refractivity contribution in [3.63, 3.8) is 0 Å². The van der Waals surface area contributed by atoms with Crippen LogP contribution in [0.25, 0.3) is 0 Å². The highest BCUT2D eigenvalue weighted by molar-refractivity contribution is 5.84. The maximum atomic E-state index is 12.6. The topological polar surface area (TPSA) is 58.1 Å². The van der Waals surface area contributed by atoms with Gasteiger partial charge in [-0.15, -0.1) is 0 Å². The molecule has 5 heteroatoms. The van der Waals surface area contributed by atoms with Crippen molar-refractivity contribution in [2.45, 2.75) is 39.3 Å². The average Bonchev–Trinajstić information content (AvgIpc) is 2.82. The van der Waals surface area contributed by atoms with E-state index in [1.807, 2.05) is 4.90 Å². The van der Waals surface area contributed by atoms with Gasteiger partial charge in [0.05, 0.1) is 5.69 Å². The predicted octanol–water partition coefficient (Wildman–Crippen LogP) is 1.27. The van der Waals surface area contributed by atoms with Gasteiger partial charge in [-0.2, -0.15) is 0 Å². The lowest BCUT2D eigenvalue weighted by Crippen LogP contribution is -2.45. The maximum absolute atomic E-state index is 12.6. The quantitative estimate of drug-likeness (QED) is 0.826. The molecule has 2 aliphatic rings. The highest BCUT2D eigenvalue weighted by atomic mass is 16.2. The zero-order valence-electron chi connectivity index (χ0n) is 11.5. The molecule has 19 heavy (non-hydrogen) atoms. The third-order valence-electron chi connectivity index (χ3n) is 4.29. The number of carbonyl (C=O) groups is 1. The van der Waals surface area contributed by atoms with E-state index in [9.17, 15) is 4.79 Å². The number of amides is 1. The van der Waals surface area contributed by atoms with Crippen LogP contribution >= 0.6 is 0 Å². The van der Waals surface area contributed by atoms with Crippen LogP contribution in [0.2, 0.25) is 0 Å². The summed E-state index contributed by atoms with van der Waals surface area (Å²) in [6.45, 7) is 6.91. The summed E-state index contributed by atoms with van der Waals surface area (Å²) in [6.07, 6.45) is 5.45. The molecule has 1 fully saturated rings. The number of aromatic nitrogens is 2. The third kappa shape index (κ3) is 2.34. The molecule has 1 atom stereocenters. The van der Waals surface area contributed by atoms with E-state index < -0.39 is 0 Å². The highest BCUT2D eigenvalue weighted by Crippen LogP contribution is 2.32. The Balaban J connectivity index is 1.73. The smallest absolute Gasteiger partial charge is 0.244 e. The largest absolute Gasteiger partial charge is 0.341 e. The van der Waals surface area contributed by atoms with Crippen molar-refractivity contribution in [2.75, 3.05) is 13.1 Å². The molecular formula is C14H20N4O. The van der Waals surface area contributed by atoms with Gasteiger partial charge in [0, 0.05) is 31.4 Å². The number of hydrogen-bond acceptors (Lipinski definition) is 4. The minimum atomic E-state index is -0.252. The van der Waals surface area contributed by atoms with Gasteiger partial charge in [-0.3, -0.25) is 10.1 Å². The first-order valence-electron chi connectivity index (χ1n) is 6.88. The number of likely N-dealkylation sites (tertiary alicyclic amines) is 1. The van der Waals surface area contributed by atoms with Gasteiger partial charge in [-0.1, -0.05) is 13.8 Å². The van der Waals surface area contributed by atoms with Crippen molar-refractivity contribution < 1.29 is 4.79 Å². The van der Waals surface area contributed by atoms with Gasteiger partial charge in [0.25, 0.3) is 0 Å². The summed E-state index contributed by atoms with van der Waals surface area (Å²) in [5.41, 5.74) is 2.25. The van der Waals surface area contributed by atoms with Crippen molar-refractivity contribution in [3.8, 4) is 0 Å². The second kappa shape index (κ2) is 4.56. The molecule has 0 aliphatic carbocycles. The van der Waals surface area contributed by atoms with E-state index in [-0.39, 0.29) is 11.9 Å². The first-order chi connectivity index (χ1) is 9.07. The van der Waals surface area contributed by atoms with Crippen LogP contribution in [0.15, 0.2) is 12.5 Å². The molecule has 3 heterocycles. The molecule has 3 rings (SSSR count). The fourth-order valence-electron chi connectivity index (χ4n) is 2.80. The fourth-order valence-corrected chi connectivity index (χ4v) is 2.80. The van der Waals surface area contributed by atoms with Gasteiger partial charge in [-0.05, 0) is 18.3 Å². The van der Waals surface area contributed by atoms with Crippen LogP contribution in [0.4, 0.5) is 0 Å². The van der Waals surface area contributed by atoms with Gasteiger partial charge >= 0.3 is 0 Å². The first kappa shape index (κ1) is 12.5. The summed E-state index contributed by atoms with van der Waals surface area (Å²) in [5.74, 6) is 0.170. The van der Waals surface area contributed by atoms with Gasteiger partial charge < -0.3 is 4.90 Å². The van der Waals surface area contributed by atoms with Crippen LogP contribution in [0.3, 0.4) is 0 Å². The number of piperidine rings is 1. The zero-order chi connectivity index (χ0) is 13.5. The number of nitrogens with zero attached hydrogens (tertiary/aromatic N) is 3. The molecule has 0 saturated carbocycles. The lowest BCUT2D eigenvalue weighted by Gasteiger charge is -2.38. The van der Waals surface area contributed by atoms with Crippen molar-refractivity contribution in [3.05, 3.63) is 23.8 Å². The SMILES string of the molecule is CC1(C)CCN(C(=O)[C@@H]2NCc3ncncc32)CC1. The highest BCUT2D eigenvalue weighted by Gasteiger charge is 2.35. The molecule has 0 unspecified atom stereocenters. The van der Waals surface area contributed by atoms with Gasteiger partial charge in [0.15, 0.2) is 0 Å². The van der Waals surface area contributed by atoms with Crippen LogP contribution in [-0.4, -0.2) is 33.9 Å². The standard InChI is InChI=1S/C14H20N4O/c1-14(2)3-5-18(6-4-14)13(19)12-10-7-15-9-17-11(10)8-16-12/h7,9,12,16H,3-6,8H2,1-2H3/t12-/m1/s1. The lowest BCUT2D eigenvalue weighted by atomic mass is 9.82. The summed E-state index contributed by atoms with van der Waals surface area (Å²) in [4.78, 5) is 22.8. The van der Waals surface area contributed by atoms with Crippen molar-refractivity contribution in [1.29, 1.82) is 0 Å². The monoisotopic (exact) mass is 260 g/mol. The Bertz CT molecular complexity index is 490. The Morgan fingerprint density at radius 2 is 2.16 bits per heavy atom. The van der Waals surface area contributed by atoms with E-state index in [2.05, 4.69) is 29.1 Å². The molecule has 1 N–H and O–H groups in total. The molecular weight excluding hydrogens is 240 g/mol. The Morgan fingerprint density at radius 3 is 2.89 bits per heavy atom. The Hall–Kier alpha value is -1.49. The molecule has 1 amide bonds. The normalized spacial score (nSPS) is 25.2. The molecule has 0 spiro atoms. The third-order valence-corrected chi connectivity index (χ3v) is 4.29. The van der Waals surface area contributed by atoms with Crippen molar-refractivity contribution in [2.24, 2.45) is 5.41 Å². The zero-order valence-corrected chi connectivity index (χ0v) is 11.5. The van der Waals surface area contributed by atoms with Gasteiger partial charge in [0.1, 0.15) is 12.4 Å². The summed E-state index contributed by atoms with van der Waals surface area (Å²) in [6, 6.07) is -0.252. The van der Waals surface area contributed by atoms with Crippen LogP contribution in [0.5, 0.6) is 0 Å². The lowest BCUT2D eigenvalue weighted by molar-refractivity contribution is -0.135. The molecule has 102 valence electrons.